The van der Waals surface area contributed by atoms with Crippen LogP contribution >= 0.6 is 15.2 Å². The van der Waals surface area contributed by atoms with Crippen molar-refractivity contribution < 1.29 is 33.5 Å². The highest BCUT2D eigenvalue weighted by Gasteiger charge is 2.34. The van der Waals surface area contributed by atoms with Gasteiger partial charge in [-0.3, -0.25) is 18.8 Å². The van der Waals surface area contributed by atoms with Gasteiger partial charge in [0.1, 0.15) is 12.6 Å². The fourth-order valence-corrected chi connectivity index (χ4v) is 3.42. The van der Waals surface area contributed by atoms with Crippen LogP contribution in [0.4, 0.5) is 0 Å². The number of carbonyl (C=O) groups excluding carboxylic acids is 1. The molecule has 1 atom stereocenters. The number of hydrogen-bond donors (Lipinski definition) is 6. The molecule has 1 aromatic rings. The quantitative estimate of drug-likeness (QED) is 0.301. The van der Waals surface area contributed by atoms with E-state index in [2.05, 4.69) is 9.97 Å². The van der Waals surface area contributed by atoms with Crippen molar-refractivity contribution in [2.24, 2.45) is 5.73 Å². The van der Waals surface area contributed by atoms with Crippen LogP contribution in [0.5, 0.6) is 0 Å². The maximum absolute atomic E-state index is 11.5. The number of hydrogen-bond acceptors (Lipinski definition) is 5. The Morgan fingerprint density at radius 2 is 1.81 bits per heavy atom. The Morgan fingerprint density at radius 1 is 1.29 bits per heavy atom. The average Bonchev–Trinajstić information content (AvgIpc) is 2.72. The van der Waals surface area contributed by atoms with Gasteiger partial charge < -0.3 is 30.3 Å². The topological polar surface area (TPSA) is 190 Å². The van der Waals surface area contributed by atoms with Gasteiger partial charge in [0.05, 0.1) is 18.1 Å². The molecule has 120 valence electrons. The minimum Gasteiger partial charge on any atom is -0.368 e. The van der Waals surface area contributed by atoms with E-state index in [-0.39, 0.29) is 6.42 Å². The highest BCUT2D eigenvalue weighted by Crippen LogP contribution is 2.41. The van der Waals surface area contributed by atoms with Crippen molar-refractivity contribution in [3.8, 4) is 0 Å². The van der Waals surface area contributed by atoms with Gasteiger partial charge in [-0.05, 0) is 0 Å². The highest BCUT2D eigenvalue weighted by atomic mass is 31.2. The average molecular weight is 342 g/mol. The zero-order valence-electron chi connectivity index (χ0n) is 10.7. The largest absolute Gasteiger partial charge is 0.368 e. The maximum Gasteiger partial charge on any atom is 0.339 e. The second kappa shape index (κ2) is 6.80. The first-order valence-corrected chi connectivity index (χ1v) is 9.17. The number of amides is 1. The van der Waals surface area contributed by atoms with E-state index in [0.717, 1.165) is 0 Å². The minimum atomic E-state index is -4.64. The standard InChI is InChI=1S/C8H16N4O7P2/c9-8(13)7(1-6-2-10-3-11-6)12(4-20(14,15)16)5-21(17,18)19/h2-3,7H,1,4-5H2,(H2,9,13)(H,10,11)(H2,14,15,16)(H2,17,18,19). The van der Waals surface area contributed by atoms with E-state index in [9.17, 15) is 13.9 Å². The zero-order valence-corrected chi connectivity index (χ0v) is 12.5. The third-order valence-corrected chi connectivity index (χ3v) is 3.92. The van der Waals surface area contributed by atoms with Crippen LogP contribution in [-0.2, 0) is 20.3 Å². The third kappa shape index (κ3) is 6.96. The van der Waals surface area contributed by atoms with Gasteiger partial charge in [-0.1, -0.05) is 0 Å². The summed E-state index contributed by atoms with van der Waals surface area (Å²) in [6, 6.07) is -1.31. The monoisotopic (exact) mass is 342 g/mol. The van der Waals surface area contributed by atoms with Gasteiger partial charge in [0.2, 0.25) is 5.91 Å². The zero-order chi connectivity index (χ0) is 16.3. The van der Waals surface area contributed by atoms with Gasteiger partial charge in [0.15, 0.2) is 0 Å². The van der Waals surface area contributed by atoms with E-state index < -0.39 is 39.7 Å². The summed E-state index contributed by atoms with van der Waals surface area (Å²) in [4.78, 5) is 54.5. The van der Waals surface area contributed by atoms with Crippen molar-refractivity contribution >= 4 is 21.1 Å². The highest BCUT2D eigenvalue weighted by molar-refractivity contribution is 7.52. The van der Waals surface area contributed by atoms with Crippen LogP contribution in [0, 0.1) is 0 Å². The van der Waals surface area contributed by atoms with Crippen LogP contribution in [0.1, 0.15) is 5.69 Å². The van der Waals surface area contributed by atoms with Crippen LogP contribution < -0.4 is 5.73 Å². The normalized spacial score (nSPS) is 14.3. The van der Waals surface area contributed by atoms with Crippen molar-refractivity contribution in [2.75, 3.05) is 12.6 Å². The van der Waals surface area contributed by atoms with Gasteiger partial charge in [0, 0.05) is 12.6 Å². The molecule has 1 heterocycles. The molecule has 1 rings (SSSR count). The SMILES string of the molecule is NC(=O)C(Cc1c[nH]cn1)N(CP(=O)(O)O)CP(=O)(O)O. The first-order chi connectivity index (χ1) is 9.48. The van der Waals surface area contributed by atoms with E-state index in [1.807, 2.05) is 0 Å². The number of nitrogens with one attached hydrogen (secondary N) is 1. The molecule has 0 aliphatic rings. The van der Waals surface area contributed by atoms with Crippen LogP contribution in [-0.4, -0.2) is 59.0 Å². The van der Waals surface area contributed by atoms with Crippen molar-refractivity contribution in [1.82, 2.24) is 14.9 Å². The van der Waals surface area contributed by atoms with E-state index in [4.69, 9.17) is 25.3 Å². The number of aromatic amines is 1. The van der Waals surface area contributed by atoms with Gasteiger partial charge in [-0.2, -0.15) is 0 Å². The van der Waals surface area contributed by atoms with E-state index in [1.165, 1.54) is 12.5 Å². The summed E-state index contributed by atoms with van der Waals surface area (Å²) in [5.41, 5.74) is 5.53. The summed E-state index contributed by atoms with van der Waals surface area (Å²) in [7, 11) is -9.29. The van der Waals surface area contributed by atoms with Gasteiger partial charge in [-0.25, -0.2) is 4.98 Å². The molecule has 11 nitrogen and oxygen atoms in total. The Balaban J connectivity index is 3.02. The molecule has 1 aromatic heterocycles. The summed E-state index contributed by atoms with van der Waals surface area (Å²) >= 11 is 0. The molecule has 21 heavy (non-hydrogen) atoms. The lowest BCUT2D eigenvalue weighted by Crippen LogP contribution is -2.47. The molecule has 7 N–H and O–H groups in total. The second-order valence-corrected chi connectivity index (χ2v) is 7.61. The number of rotatable bonds is 8. The molecule has 0 aliphatic heterocycles. The minimum absolute atomic E-state index is 0.140. The summed E-state index contributed by atoms with van der Waals surface area (Å²) < 4.78 is 22.2. The molecular formula is C8H16N4O7P2. The Morgan fingerprint density at radius 3 is 2.14 bits per heavy atom. The fourth-order valence-electron chi connectivity index (χ4n) is 1.73. The fraction of sp³-hybridized carbons (Fsp3) is 0.500. The van der Waals surface area contributed by atoms with Crippen LogP contribution in [0.3, 0.4) is 0 Å². The predicted octanol–water partition coefficient (Wildman–Crippen LogP) is -1.62. The summed E-state index contributed by atoms with van der Waals surface area (Å²) in [5.74, 6) is -0.972. The second-order valence-electron chi connectivity index (χ2n) is 4.38. The molecular weight excluding hydrogens is 326 g/mol. The molecule has 0 radical (unpaired) electrons. The Kier molecular flexibility index (Phi) is 5.83. The Hall–Kier alpha value is -1.06. The number of carbonyl (C=O) groups is 1. The predicted molar refractivity (Wildman–Crippen MR) is 70.9 cm³/mol. The van der Waals surface area contributed by atoms with Crippen molar-refractivity contribution in [3.63, 3.8) is 0 Å². The van der Waals surface area contributed by atoms with E-state index >= 15 is 0 Å². The maximum atomic E-state index is 11.5. The number of H-pyrrole nitrogens is 1. The first-order valence-electron chi connectivity index (χ1n) is 5.58. The lowest BCUT2D eigenvalue weighted by molar-refractivity contribution is -0.122. The molecule has 0 aliphatic carbocycles. The lowest BCUT2D eigenvalue weighted by Gasteiger charge is -2.29. The molecule has 0 bridgehead atoms. The molecule has 1 amide bonds. The van der Waals surface area contributed by atoms with Crippen LogP contribution in [0.15, 0.2) is 12.5 Å². The van der Waals surface area contributed by atoms with Crippen molar-refractivity contribution in [3.05, 3.63) is 18.2 Å². The smallest absolute Gasteiger partial charge is 0.339 e. The number of primary amides is 1. The third-order valence-electron chi connectivity index (χ3n) is 2.46. The number of nitrogens with zero attached hydrogens (tertiary/aromatic N) is 2. The molecule has 0 aromatic carbocycles. The van der Waals surface area contributed by atoms with Crippen molar-refractivity contribution in [2.45, 2.75) is 12.5 Å². The molecule has 0 spiro atoms. The summed E-state index contributed by atoms with van der Waals surface area (Å²) in [5, 5.41) is 0. The molecule has 13 heteroatoms. The van der Waals surface area contributed by atoms with E-state index in [0.29, 0.717) is 10.6 Å². The molecule has 1 unspecified atom stereocenters. The lowest BCUT2D eigenvalue weighted by atomic mass is 10.1. The van der Waals surface area contributed by atoms with Gasteiger partial charge in [0.25, 0.3) is 0 Å². The molecule has 0 saturated heterocycles. The summed E-state index contributed by atoms with van der Waals surface area (Å²) in [6.45, 7) is 0. The van der Waals surface area contributed by atoms with Gasteiger partial charge >= 0.3 is 15.2 Å². The summed E-state index contributed by atoms with van der Waals surface area (Å²) in [6.07, 6.45) is 0.609. The number of nitrogens with two attached hydrogens (primary N) is 1. The van der Waals surface area contributed by atoms with Crippen LogP contribution in [0.25, 0.3) is 0 Å². The Bertz CT molecular complexity index is 541. The number of imidazole rings is 1. The molecule has 0 saturated carbocycles. The first kappa shape index (κ1) is 18.0. The van der Waals surface area contributed by atoms with Crippen LogP contribution in [0.2, 0.25) is 0 Å². The number of aromatic nitrogens is 2. The van der Waals surface area contributed by atoms with E-state index in [1.54, 1.807) is 0 Å². The molecule has 0 fully saturated rings. The Labute approximate surface area is 119 Å². The van der Waals surface area contributed by atoms with Crippen molar-refractivity contribution in [1.29, 1.82) is 0 Å². The van der Waals surface area contributed by atoms with Gasteiger partial charge in [-0.15, -0.1) is 0 Å².